The number of nitrogens with zero attached hydrogens (tertiary/aromatic N) is 2. The first-order chi connectivity index (χ1) is 12.1. The van der Waals surface area contributed by atoms with Crippen LogP contribution in [0.4, 0.5) is 17.1 Å². The van der Waals surface area contributed by atoms with E-state index in [1.807, 2.05) is 24.3 Å². The van der Waals surface area contributed by atoms with Gasteiger partial charge in [0.1, 0.15) is 5.75 Å². The van der Waals surface area contributed by atoms with Crippen LogP contribution < -0.4 is 15.0 Å². The molecule has 7 nitrogen and oxygen atoms in total. The Bertz CT molecular complexity index is 807. The maximum atomic E-state index is 12.1. The van der Waals surface area contributed by atoms with Gasteiger partial charge in [-0.3, -0.25) is 14.9 Å². The van der Waals surface area contributed by atoms with Crippen molar-refractivity contribution < 1.29 is 14.5 Å². The molecule has 0 atom stereocenters. The standard InChI is InChI=1S/C18H19N3O4/c1-13-11-14(7-8-15(13)21(23)24)19-9-4-10-20-16-5-2-3-6-17(16)25-12-18(20)22/h2-3,5-8,11,19H,4,9-10,12H2,1H3. The van der Waals surface area contributed by atoms with Crippen molar-refractivity contribution in [2.75, 3.05) is 29.9 Å². The number of aryl methyl sites for hydroxylation is 1. The number of nitrogens with one attached hydrogen (secondary N) is 1. The Labute approximate surface area is 145 Å². The molecule has 2 aromatic carbocycles. The smallest absolute Gasteiger partial charge is 0.272 e. The van der Waals surface area contributed by atoms with Gasteiger partial charge in [0.2, 0.25) is 0 Å². The van der Waals surface area contributed by atoms with Crippen LogP contribution in [0.2, 0.25) is 0 Å². The minimum absolute atomic E-state index is 0.0510. The number of hydrogen-bond acceptors (Lipinski definition) is 5. The van der Waals surface area contributed by atoms with Crippen molar-refractivity contribution in [3.8, 4) is 5.75 Å². The molecule has 7 heteroatoms. The molecule has 1 heterocycles. The second-order valence-electron chi connectivity index (χ2n) is 5.84. The minimum Gasteiger partial charge on any atom is -0.482 e. The monoisotopic (exact) mass is 341 g/mol. The molecule has 1 N–H and O–H groups in total. The highest BCUT2D eigenvalue weighted by molar-refractivity contribution is 5.97. The molecule has 0 saturated heterocycles. The van der Waals surface area contributed by atoms with Crippen molar-refractivity contribution in [2.24, 2.45) is 0 Å². The third-order valence-electron chi connectivity index (χ3n) is 4.09. The first-order valence-electron chi connectivity index (χ1n) is 8.07. The lowest BCUT2D eigenvalue weighted by molar-refractivity contribution is -0.385. The van der Waals surface area contributed by atoms with Gasteiger partial charge in [0, 0.05) is 30.4 Å². The van der Waals surface area contributed by atoms with Crippen LogP contribution in [0.5, 0.6) is 5.75 Å². The van der Waals surface area contributed by atoms with Crippen LogP contribution in [0.25, 0.3) is 0 Å². The topological polar surface area (TPSA) is 84.7 Å². The number of rotatable bonds is 6. The van der Waals surface area contributed by atoms with E-state index < -0.39 is 0 Å². The van der Waals surface area contributed by atoms with E-state index in [0.717, 1.165) is 23.5 Å². The number of amides is 1. The molecule has 130 valence electrons. The highest BCUT2D eigenvalue weighted by Gasteiger charge is 2.24. The molecule has 0 radical (unpaired) electrons. The van der Waals surface area contributed by atoms with Crippen molar-refractivity contribution in [2.45, 2.75) is 13.3 Å². The quantitative estimate of drug-likeness (QED) is 0.496. The van der Waals surface area contributed by atoms with Crippen LogP contribution in [0, 0.1) is 17.0 Å². The van der Waals surface area contributed by atoms with Crippen molar-refractivity contribution >= 4 is 23.0 Å². The van der Waals surface area contributed by atoms with E-state index in [9.17, 15) is 14.9 Å². The van der Waals surface area contributed by atoms with Crippen molar-refractivity contribution in [3.05, 3.63) is 58.1 Å². The van der Waals surface area contributed by atoms with Crippen molar-refractivity contribution in [3.63, 3.8) is 0 Å². The van der Waals surface area contributed by atoms with Gasteiger partial charge in [-0.25, -0.2) is 0 Å². The summed E-state index contributed by atoms with van der Waals surface area (Å²) in [5, 5.41) is 14.1. The van der Waals surface area contributed by atoms with Gasteiger partial charge in [-0.1, -0.05) is 12.1 Å². The molecule has 3 rings (SSSR count). The second kappa shape index (κ2) is 7.21. The third-order valence-corrected chi connectivity index (χ3v) is 4.09. The molecule has 0 spiro atoms. The number of fused-ring (bicyclic) bond motifs is 1. The van der Waals surface area contributed by atoms with Gasteiger partial charge in [0.05, 0.1) is 10.6 Å². The van der Waals surface area contributed by atoms with E-state index in [2.05, 4.69) is 5.32 Å². The van der Waals surface area contributed by atoms with E-state index in [-0.39, 0.29) is 23.1 Å². The van der Waals surface area contributed by atoms with Gasteiger partial charge in [-0.05, 0) is 37.6 Å². The number of ether oxygens (including phenoxy) is 1. The Kier molecular flexibility index (Phi) is 4.83. The van der Waals surface area contributed by atoms with E-state index in [0.29, 0.717) is 18.7 Å². The normalized spacial score (nSPS) is 13.2. The number of hydrogen-bond donors (Lipinski definition) is 1. The average molecular weight is 341 g/mol. The number of benzene rings is 2. The Morgan fingerprint density at radius 1 is 1.28 bits per heavy atom. The number of nitro groups is 1. The Morgan fingerprint density at radius 2 is 2.08 bits per heavy atom. The van der Waals surface area contributed by atoms with E-state index >= 15 is 0 Å². The number of para-hydroxylation sites is 2. The average Bonchev–Trinajstić information content (AvgIpc) is 2.60. The molecular weight excluding hydrogens is 322 g/mol. The SMILES string of the molecule is Cc1cc(NCCCN2C(=O)COc3ccccc32)ccc1[N+](=O)[O-]. The number of nitro benzene ring substituents is 1. The van der Waals surface area contributed by atoms with Gasteiger partial charge in [0.15, 0.2) is 6.61 Å². The first kappa shape index (κ1) is 16.8. The summed E-state index contributed by atoms with van der Waals surface area (Å²) >= 11 is 0. The van der Waals surface area contributed by atoms with Gasteiger partial charge in [0.25, 0.3) is 11.6 Å². The summed E-state index contributed by atoms with van der Waals surface area (Å²) in [6.45, 7) is 3.01. The molecule has 1 aliphatic heterocycles. The summed E-state index contributed by atoms with van der Waals surface area (Å²) in [4.78, 5) is 24.3. The zero-order valence-electron chi connectivity index (χ0n) is 13.9. The van der Waals surface area contributed by atoms with E-state index in [4.69, 9.17) is 4.74 Å². The number of anilines is 2. The molecule has 0 bridgehead atoms. The largest absolute Gasteiger partial charge is 0.482 e. The van der Waals surface area contributed by atoms with Crippen LogP contribution in [0.3, 0.4) is 0 Å². The minimum atomic E-state index is -0.388. The fourth-order valence-electron chi connectivity index (χ4n) is 2.84. The van der Waals surface area contributed by atoms with Crippen LogP contribution in [0.15, 0.2) is 42.5 Å². The maximum absolute atomic E-state index is 12.1. The van der Waals surface area contributed by atoms with Gasteiger partial charge in [-0.15, -0.1) is 0 Å². The second-order valence-corrected chi connectivity index (χ2v) is 5.84. The highest BCUT2D eigenvalue weighted by atomic mass is 16.6. The van der Waals surface area contributed by atoms with E-state index in [1.54, 1.807) is 24.0 Å². The molecular formula is C18H19N3O4. The zero-order chi connectivity index (χ0) is 17.8. The molecule has 0 saturated carbocycles. The summed E-state index contributed by atoms with van der Waals surface area (Å²) in [7, 11) is 0. The van der Waals surface area contributed by atoms with E-state index in [1.165, 1.54) is 6.07 Å². The Hall–Kier alpha value is -3.09. The highest BCUT2D eigenvalue weighted by Crippen LogP contribution is 2.31. The molecule has 0 aromatic heterocycles. The summed E-state index contributed by atoms with van der Waals surface area (Å²) < 4.78 is 5.42. The lowest BCUT2D eigenvalue weighted by atomic mass is 10.2. The number of carbonyl (C=O) groups is 1. The van der Waals surface area contributed by atoms with Crippen LogP contribution in [0.1, 0.15) is 12.0 Å². The van der Waals surface area contributed by atoms with Gasteiger partial charge in [-0.2, -0.15) is 0 Å². The summed E-state index contributed by atoms with van der Waals surface area (Å²) in [6.07, 6.45) is 0.746. The summed E-state index contributed by atoms with van der Waals surface area (Å²) in [5.41, 5.74) is 2.36. The lowest BCUT2D eigenvalue weighted by Crippen LogP contribution is -2.39. The van der Waals surface area contributed by atoms with Crippen molar-refractivity contribution in [1.29, 1.82) is 0 Å². The third kappa shape index (κ3) is 3.71. The van der Waals surface area contributed by atoms with Gasteiger partial charge < -0.3 is 15.0 Å². The number of carbonyl (C=O) groups excluding carboxylic acids is 1. The van der Waals surface area contributed by atoms with Crippen LogP contribution in [-0.2, 0) is 4.79 Å². The summed E-state index contributed by atoms with van der Waals surface area (Å²) in [5.74, 6) is 0.672. The van der Waals surface area contributed by atoms with Crippen molar-refractivity contribution in [1.82, 2.24) is 0 Å². The Morgan fingerprint density at radius 3 is 2.84 bits per heavy atom. The molecule has 1 amide bonds. The molecule has 1 aliphatic rings. The lowest BCUT2D eigenvalue weighted by Gasteiger charge is -2.29. The van der Waals surface area contributed by atoms with Crippen LogP contribution in [-0.4, -0.2) is 30.5 Å². The molecule has 0 fully saturated rings. The summed E-state index contributed by atoms with van der Waals surface area (Å²) in [6, 6.07) is 12.4. The molecule has 2 aromatic rings. The maximum Gasteiger partial charge on any atom is 0.272 e. The fourth-order valence-corrected chi connectivity index (χ4v) is 2.84. The predicted octanol–water partition coefficient (Wildman–Crippen LogP) is 3.13. The Balaban J connectivity index is 1.56. The molecule has 25 heavy (non-hydrogen) atoms. The van der Waals surface area contributed by atoms with Gasteiger partial charge >= 0.3 is 0 Å². The van der Waals surface area contributed by atoms with Crippen LogP contribution >= 0.6 is 0 Å². The molecule has 0 aliphatic carbocycles. The zero-order valence-corrected chi connectivity index (χ0v) is 13.9. The predicted molar refractivity (Wildman–Crippen MR) is 95.2 cm³/mol. The fraction of sp³-hybridized carbons (Fsp3) is 0.278. The first-order valence-corrected chi connectivity index (χ1v) is 8.07. The molecule has 0 unspecified atom stereocenters.